The van der Waals surface area contributed by atoms with Crippen LogP contribution < -0.4 is 9.47 Å². The molecule has 0 amide bonds. The van der Waals surface area contributed by atoms with Gasteiger partial charge in [0, 0.05) is 5.75 Å². The zero-order chi connectivity index (χ0) is 10.2. The van der Waals surface area contributed by atoms with Crippen LogP contribution in [0, 0.1) is 0 Å². The van der Waals surface area contributed by atoms with Crippen molar-refractivity contribution in [3.05, 3.63) is 24.3 Å². The molecule has 0 saturated heterocycles. The summed E-state index contributed by atoms with van der Waals surface area (Å²) in [6.45, 7) is 3.49. The predicted molar refractivity (Wildman–Crippen MR) is 61.6 cm³/mol. The number of thiol groups is 1. The first kappa shape index (κ1) is 11.2. The van der Waals surface area contributed by atoms with E-state index in [-0.39, 0.29) is 0 Å². The SMILES string of the molecule is CCCOc1ccc(OCCS)cc1. The lowest BCUT2D eigenvalue weighted by atomic mass is 10.3. The molecule has 1 aromatic rings. The molecule has 0 aliphatic carbocycles. The summed E-state index contributed by atoms with van der Waals surface area (Å²) in [5, 5.41) is 0. The molecule has 0 aliphatic heterocycles. The van der Waals surface area contributed by atoms with Crippen molar-refractivity contribution in [2.24, 2.45) is 0 Å². The molecule has 78 valence electrons. The number of hydrogen-bond acceptors (Lipinski definition) is 3. The average molecular weight is 212 g/mol. The highest BCUT2D eigenvalue weighted by atomic mass is 32.1. The molecule has 0 N–H and O–H groups in total. The molecule has 2 nitrogen and oxygen atoms in total. The van der Waals surface area contributed by atoms with Crippen LogP contribution >= 0.6 is 12.6 Å². The lowest BCUT2D eigenvalue weighted by molar-refractivity contribution is 0.314. The Morgan fingerprint density at radius 1 is 1.00 bits per heavy atom. The normalized spacial score (nSPS) is 9.86. The zero-order valence-electron chi connectivity index (χ0n) is 8.40. The molecule has 0 saturated carbocycles. The average Bonchev–Trinajstić information content (AvgIpc) is 2.25. The summed E-state index contributed by atoms with van der Waals surface area (Å²) in [5.41, 5.74) is 0. The van der Waals surface area contributed by atoms with Crippen LogP contribution in [-0.4, -0.2) is 19.0 Å². The van der Waals surface area contributed by atoms with E-state index in [1.807, 2.05) is 24.3 Å². The second kappa shape index (κ2) is 6.60. The van der Waals surface area contributed by atoms with Crippen molar-refractivity contribution in [3.63, 3.8) is 0 Å². The second-order valence-electron chi connectivity index (χ2n) is 2.89. The van der Waals surface area contributed by atoms with Gasteiger partial charge in [0.1, 0.15) is 11.5 Å². The summed E-state index contributed by atoms with van der Waals surface area (Å²) in [5.74, 6) is 2.49. The Hall–Kier alpha value is -0.830. The van der Waals surface area contributed by atoms with Crippen LogP contribution in [0.25, 0.3) is 0 Å². The van der Waals surface area contributed by atoms with E-state index in [9.17, 15) is 0 Å². The molecule has 0 aliphatic rings. The Labute approximate surface area is 90.6 Å². The molecule has 1 aromatic carbocycles. The van der Waals surface area contributed by atoms with Crippen molar-refractivity contribution in [3.8, 4) is 11.5 Å². The van der Waals surface area contributed by atoms with Crippen molar-refractivity contribution < 1.29 is 9.47 Å². The van der Waals surface area contributed by atoms with E-state index in [1.165, 1.54) is 0 Å². The maximum atomic E-state index is 5.44. The molecule has 0 aromatic heterocycles. The van der Waals surface area contributed by atoms with E-state index in [2.05, 4.69) is 19.6 Å². The minimum Gasteiger partial charge on any atom is -0.494 e. The molecule has 0 heterocycles. The van der Waals surface area contributed by atoms with Crippen molar-refractivity contribution in [1.29, 1.82) is 0 Å². The monoisotopic (exact) mass is 212 g/mol. The lowest BCUT2D eigenvalue weighted by Gasteiger charge is -2.06. The standard InChI is InChI=1S/C11H16O2S/c1-2-7-12-10-3-5-11(6-4-10)13-8-9-14/h3-6,14H,2,7-9H2,1H3. The van der Waals surface area contributed by atoms with Gasteiger partial charge in [-0.25, -0.2) is 0 Å². The Bertz CT molecular complexity index is 219. The lowest BCUT2D eigenvalue weighted by Crippen LogP contribution is -1.98. The van der Waals surface area contributed by atoms with Gasteiger partial charge in [-0.05, 0) is 30.7 Å². The summed E-state index contributed by atoms with van der Waals surface area (Å²) in [4.78, 5) is 0. The number of rotatable bonds is 6. The summed E-state index contributed by atoms with van der Waals surface area (Å²) >= 11 is 4.07. The maximum absolute atomic E-state index is 5.44. The molecule has 14 heavy (non-hydrogen) atoms. The van der Waals surface area contributed by atoms with Gasteiger partial charge in [-0.1, -0.05) is 6.92 Å². The molecule has 1 rings (SSSR count). The highest BCUT2D eigenvalue weighted by molar-refractivity contribution is 7.80. The van der Waals surface area contributed by atoms with Gasteiger partial charge in [-0.3, -0.25) is 0 Å². The van der Waals surface area contributed by atoms with Crippen LogP contribution in [-0.2, 0) is 0 Å². The van der Waals surface area contributed by atoms with Crippen LogP contribution in [0.15, 0.2) is 24.3 Å². The van der Waals surface area contributed by atoms with Gasteiger partial charge < -0.3 is 9.47 Å². The van der Waals surface area contributed by atoms with Gasteiger partial charge in [0.2, 0.25) is 0 Å². The topological polar surface area (TPSA) is 18.5 Å². The fourth-order valence-corrected chi connectivity index (χ4v) is 1.11. The van der Waals surface area contributed by atoms with E-state index in [0.29, 0.717) is 6.61 Å². The third-order valence-electron chi connectivity index (χ3n) is 1.66. The molecule has 3 heteroatoms. The summed E-state index contributed by atoms with van der Waals surface area (Å²) in [6.07, 6.45) is 1.03. The van der Waals surface area contributed by atoms with E-state index >= 15 is 0 Å². The van der Waals surface area contributed by atoms with Gasteiger partial charge in [0.25, 0.3) is 0 Å². The first-order valence-corrected chi connectivity index (χ1v) is 5.46. The first-order valence-electron chi connectivity index (χ1n) is 4.83. The van der Waals surface area contributed by atoms with Crippen molar-refractivity contribution in [2.45, 2.75) is 13.3 Å². The van der Waals surface area contributed by atoms with Crippen LogP contribution in [0.1, 0.15) is 13.3 Å². The molecule has 0 spiro atoms. The predicted octanol–water partition coefficient (Wildman–Crippen LogP) is 2.78. The quantitative estimate of drug-likeness (QED) is 0.731. The minimum atomic E-state index is 0.637. The van der Waals surface area contributed by atoms with Gasteiger partial charge in [0.05, 0.1) is 13.2 Å². The Morgan fingerprint density at radius 3 is 1.93 bits per heavy atom. The molecule has 0 fully saturated rings. The third-order valence-corrected chi connectivity index (χ3v) is 1.84. The molecule has 0 unspecified atom stereocenters. The second-order valence-corrected chi connectivity index (χ2v) is 3.34. The van der Waals surface area contributed by atoms with Crippen molar-refractivity contribution in [2.75, 3.05) is 19.0 Å². The number of ether oxygens (including phenoxy) is 2. The zero-order valence-corrected chi connectivity index (χ0v) is 9.30. The Balaban J connectivity index is 2.42. The van der Waals surface area contributed by atoms with Gasteiger partial charge in [-0.15, -0.1) is 0 Å². The van der Waals surface area contributed by atoms with Crippen LogP contribution in [0.4, 0.5) is 0 Å². The van der Waals surface area contributed by atoms with Gasteiger partial charge in [0.15, 0.2) is 0 Å². The Kier molecular flexibility index (Phi) is 5.30. The molecule has 0 atom stereocenters. The number of benzene rings is 1. The molecule has 0 radical (unpaired) electrons. The van der Waals surface area contributed by atoms with Crippen LogP contribution in [0.5, 0.6) is 11.5 Å². The minimum absolute atomic E-state index is 0.637. The molecular weight excluding hydrogens is 196 g/mol. The highest BCUT2D eigenvalue weighted by Crippen LogP contribution is 2.17. The summed E-state index contributed by atoms with van der Waals surface area (Å²) in [7, 11) is 0. The van der Waals surface area contributed by atoms with Crippen LogP contribution in [0.3, 0.4) is 0 Å². The first-order chi connectivity index (χ1) is 6.86. The molecular formula is C11H16O2S. The largest absolute Gasteiger partial charge is 0.494 e. The Morgan fingerprint density at radius 2 is 1.50 bits per heavy atom. The highest BCUT2D eigenvalue weighted by Gasteiger charge is 1.94. The fraction of sp³-hybridized carbons (Fsp3) is 0.455. The smallest absolute Gasteiger partial charge is 0.119 e. The van der Waals surface area contributed by atoms with Crippen molar-refractivity contribution in [1.82, 2.24) is 0 Å². The van der Waals surface area contributed by atoms with Crippen molar-refractivity contribution >= 4 is 12.6 Å². The van der Waals surface area contributed by atoms with Crippen LogP contribution in [0.2, 0.25) is 0 Å². The fourth-order valence-electron chi connectivity index (χ4n) is 1.02. The summed E-state index contributed by atoms with van der Waals surface area (Å²) < 4.78 is 10.8. The van der Waals surface area contributed by atoms with E-state index in [0.717, 1.165) is 30.3 Å². The maximum Gasteiger partial charge on any atom is 0.119 e. The van der Waals surface area contributed by atoms with Gasteiger partial charge >= 0.3 is 0 Å². The van der Waals surface area contributed by atoms with E-state index < -0.39 is 0 Å². The number of hydrogen-bond donors (Lipinski definition) is 1. The third kappa shape index (κ3) is 3.92. The van der Waals surface area contributed by atoms with Gasteiger partial charge in [-0.2, -0.15) is 12.6 Å². The van der Waals surface area contributed by atoms with E-state index in [4.69, 9.17) is 9.47 Å². The molecule has 0 bridgehead atoms. The van der Waals surface area contributed by atoms with E-state index in [1.54, 1.807) is 0 Å². The summed E-state index contributed by atoms with van der Waals surface area (Å²) in [6, 6.07) is 7.66.